The van der Waals surface area contributed by atoms with Gasteiger partial charge in [-0.05, 0) is 37.2 Å². The zero-order valence-electron chi connectivity index (χ0n) is 13.9. The number of guanidine groups is 1. The molecular formula is C18H29BrN4. The fourth-order valence-electron chi connectivity index (χ4n) is 3.34. The largest absolute Gasteiger partial charge is 0.370 e. The first-order valence-electron chi connectivity index (χ1n) is 8.57. The average molecular weight is 381 g/mol. The number of hydrogen-bond acceptors (Lipinski definition) is 2. The fourth-order valence-corrected chi connectivity index (χ4v) is 3.34. The molecule has 1 saturated carbocycles. The van der Waals surface area contributed by atoms with Crippen molar-refractivity contribution < 1.29 is 0 Å². The van der Waals surface area contributed by atoms with Crippen molar-refractivity contribution in [3.63, 3.8) is 0 Å². The Morgan fingerprint density at radius 3 is 2.43 bits per heavy atom. The molecule has 3 rings (SSSR count). The van der Waals surface area contributed by atoms with E-state index >= 15 is 0 Å². The number of rotatable bonds is 4. The number of likely N-dealkylation sites (tertiary alicyclic amines) is 1. The van der Waals surface area contributed by atoms with E-state index in [9.17, 15) is 0 Å². The second-order valence-electron chi connectivity index (χ2n) is 6.82. The predicted molar refractivity (Wildman–Crippen MR) is 102 cm³/mol. The maximum Gasteiger partial charge on any atom is 0.189 e. The molecule has 0 radical (unpaired) electrons. The van der Waals surface area contributed by atoms with Gasteiger partial charge in [0.15, 0.2) is 5.96 Å². The van der Waals surface area contributed by atoms with Crippen LogP contribution in [0.25, 0.3) is 0 Å². The van der Waals surface area contributed by atoms with Crippen LogP contribution < -0.4 is 11.1 Å². The number of nitrogens with two attached hydrogens (primary N) is 1. The van der Waals surface area contributed by atoms with Crippen LogP contribution in [0, 0.1) is 5.92 Å². The van der Waals surface area contributed by atoms with Crippen LogP contribution in [0.4, 0.5) is 0 Å². The summed E-state index contributed by atoms with van der Waals surface area (Å²) in [6.07, 6.45) is 4.77. The number of nitrogens with one attached hydrogen (secondary N) is 1. The van der Waals surface area contributed by atoms with Gasteiger partial charge in [0.25, 0.3) is 0 Å². The Bertz CT molecular complexity index is 497. The minimum Gasteiger partial charge on any atom is -0.370 e. The fraction of sp³-hybridized carbons (Fsp3) is 0.611. The third-order valence-electron chi connectivity index (χ3n) is 5.07. The molecule has 1 saturated heterocycles. The molecule has 3 N–H and O–H groups in total. The van der Waals surface area contributed by atoms with Gasteiger partial charge in [-0.3, -0.25) is 4.90 Å². The van der Waals surface area contributed by atoms with Gasteiger partial charge in [0, 0.05) is 25.7 Å². The van der Waals surface area contributed by atoms with E-state index in [-0.39, 0.29) is 17.0 Å². The maximum atomic E-state index is 6.06. The Kier molecular flexibility index (Phi) is 6.90. The van der Waals surface area contributed by atoms with Crippen LogP contribution in [0.5, 0.6) is 0 Å². The summed E-state index contributed by atoms with van der Waals surface area (Å²) in [5, 5.41) is 3.42. The molecule has 1 aromatic carbocycles. The molecule has 4 nitrogen and oxygen atoms in total. The van der Waals surface area contributed by atoms with Crippen LogP contribution in [-0.4, -0.2) is 36.0 Å². The molecule has 2 atom stereocenters. The molecule has 2 aliphatic rings. The quantitative estimate of drug-likeness (QED) is 0.623. The summed E-state index contributed by atoms with van der Waals surface area (Å²) in [7, 11) is 0. The number of benzene rings is 1. The van der Waals surface area contributed by atoms with Gasteiger partial charge in [0.05, 0.1) is 6.04 Å². The third-order valence-corrected chi connectivity index (χ3v) is 5.07. The molecule has 0 aromatic heterocycles. The van der Waals surface area contributed by atoms with Crippen LogP contribution in [0.15, 0.2) is 35.3 Å². The summed E-state index contributed by atoms with van der Waals surface area (Å²) in [6.45, 7) is 5.56. The van der Waals surface area contributed by atoms with Gasteiger partial charge in [0.2, 0.25) is 0 Å². The molecule has 0 amide bonds. The van der Waals surface area contributed by atoms with E-state index in [0.717, 1.165) is 32.5 Å². The van der Waals surface area contributed by atoms with Crippen LogP contribution >= 0.6 is 17.0 Å². The Labute approximate surface area is 150 Å². The van der Waals surface area contributed by atoms with Gasteiger partial charge in [-0.2, -0.15) is 0 Å². The summed E-state index contributed by atoms with van der Waals surface area (Å²) >= 11 is 0. The van der Waals surface area contributed by atoms with E-state index in [4.69, 9.17) is 5.73 Å². The molecular weight excluding hydrogens is 352 g/mol. The zero-order chi connectivity index (χ0) is 15.4. The Morgan fingerprint density at radius 1 is 1.17 bits per heavy atom. The lowest BCUT2D eigenvalue weighted by atomic mass is 9.82. The van der Waals surface area contributed by atoms with Crippen molar-refractivity contribution in [2.75, 3.05) is 13.1 Å². The number of halogens is 1. The maximum absolute atomic E-state index is 6.06. The highest BCUT2D eigenvalue weighted by atomic mass is 79.9. The van der Waals surface area contributed by atoms with Crippen molar-refractivity contribution in [2.45, 2.75) is 51.2 Å². The van der Waals surface area contributed by atoms with E-state index in [2.05, 4.69) is 52.5 Å². The van der Waals surface area contributed by atoms with Crippen molar-refractivity contribution >= 4 is 22.9 Å². The molecule has 1 aliphatic carbocycles. The number of nitrogens with zero attached hydrogens (tertiary/aromatic N) is 2. The summed E-state index contributed by atoms with van der Waals surface area (Å²) < 4.78 is 0. The molecule has 1 aromatic rings. The first kappa shape index (κ1) is 18.3. The summed E-state index contributed by atoms with van der Waals surface area (Å²) in [4.78, 5) is 7.14. The first-order chi connectivity index (χ1) is 10.7. The molecule has 0 spiro atoms. The lowest BCUT2D eigenvalue weighted by Crippen LogP contribution is -2.47. The summed E-state index contributed by atoms with van der Waals surface area (Å²) in [5.41, 5.74) is 7.46. The Balaban J connectivity index is 0.00000192. The van der Waals surface area contributed by atoms with Crippen molar-refractivity contribution in [2.24, 2.45) is 16.6 Å². The molecule has 23 heavy (non-hydrogen) atoms. The van der Waals surface area contributed by atoms with Crippen LogP contribution in [0.3, 0.4) is 0 Å². The molecule has 2 fully saturated rings. The van der Waals surface area contributed by atoms with Gasteiger partial charge >= 0.3 is 0 Å². The zero-order valence-corrected chi connectivity index (χ0v) is 15.7. The second kappa shape index (κ2) is 8.69. The summed E-state index contributed by atoms with van der Waals surface area (Å²) in [6, 6.07) is 11.6. The smallest absolute Gasteiger partial charge is 0.189 e. The van der Waals surface area contributed by atoms with E-state index in [1.54, 1.807) is 0 Å². The van der Waals surface area contributed by atoms with E-state index in [0.29, 0.717) is 24.0 Å². The number of hydrogen-bond donors (Lipinski definition) is 2. The molecule has 1 heterocycles. The monoisotopic (exact) mass is 380 g/mol. The van der Waals surface area contributed by atoms with Crippen molar-refractivity contribution in [1.29, 1.82) is 0 Å². The molecule has 5 heteroatoms. The van der Waals surface area contributed by atoms with E-state index in [1.165, 1.54) is 18.4 Å². The predicted octanol–water partition coefficient (Wildman–Crippen LogP) is 2.93. The van der Waals surface area contributed by atoms with Gasteiger partial charge in [-0.25, -0.2) is 4.99 Å². The van der Waals surface area contributed by atoms with E-state index in [1.807, 2.05) is 0 Å². The third kappa shape index (κ3) is 5.21. The highest BCUT2D eigenvalue weighted by molar-refractivity contribution is 8.93. The van der Waals surface area contributed by atoms with Crippen molar-refractivity contribution in [3.8, 4) is 0 Å². The van der Waals surface area contributed by atoms with Crippen LogP contribution in [0.2, 0.25) is 0 Å². The highest BCUT2D eigenvalue weighted by Crippen LogP contribution is 2.29. The lowest BCUT2D eigenvalue weighted by Gasteiger charge is -2.34. The highest BCUT2D eigenvalue weighted by Gasteiger charge is 2.27. The van der Waals surface area contributed by atoms with Gasteiger partial charge in [-0.15, -0.1) is 17.0 Å². The van der Waals surface area contributed by atoms with Gasteiger partial charge < -0.3 is 11.1 Å². The molecule has 0 bridgehead atoms. The van der Waals surface area contributed by atoms with Crippen LogP contribution in [0.1, 0.15) is 38.2 Å². The SMILES string of the molecule is Br.CC1CCC1N=C(N)NC1CCN(Cc2ccccc2)CC1. The normalized spacial score (nSPS) is 26.2. The number of aliphatic imine (C=N–C) groups is 1. The van der Waals surface area contributed by atoms with Gasteiger partial charge in [-0.1, -0.05) is 37.3 Å². The average Bonchev–Trinajstić information content (AvgIpc) is 2.54. The molecule has 2 unspecified atom stereocenters. The molecule has 128 valence electrons. The number of piperidine rings is 1. The standard InChI is InChI=1S/C18H28N4.BrH/c1-14-7-8-17(14)21-18(19)20-16-9-11-22(12-10-16)13-15-5-3-2-4-6-15;/h2-6,14,16-17H,7-13H2,1H3,(H3,19,20,21);1H. The van der Waals surface area contributed by atoms with Crippen LogP contribution in [-0.2, 0) is 6.54 Å². The minimum absolute atomic E-state index is 0. The van der Waals surface area contributed by atoms with E-state index < -0.39 is 0 Å². The molecule has 1 aliphatic heterocycles. The second-order valence-corrected chi connectivity index (χ2v) is 6.82. The Morgan fingerprint density at radius 2 is 1.87 bits per heavy atom. The topological polar surface area (TPSA) is 53.6 Å². The van der Waals surface area contributed by atoms with Crippen molar-refractivity contribution in [3.05, 3.63) is 35.9 Å². The summed E-state index contributed by atoms with van der Waals surface area (Å²) in [5.74, 6) is 1.35. The van der Waals surface area contributed by atoms with Crippen molar-refractivity contribution in [1.82, 2.24) is 10.2 Å². The first-order valence-corrected chi connectivity index (χ1v) is 8.57. The lowest BCUT2D eigenvalue weighted by molar-refractivity contribution is 0.198. The Hall–Kier alpha value is -1.07. The minimum atomic E-state index is 0. The van der Waals surface area contributed by atoms with Gasteiger partial charge in [0.1, 0.15) is 0 Å².